The summed E-state index contributed by atoms with van der Waals surface area (Å²) >= 11 is 2.52. The van der Waals surface area contributed by atoms with Crippen molar-refractivity contribution in [3.63, 3.8) is 0 Å². The lowest BCUT2D eigenvalue weighted by Gasteiger charge is -2.24. The second-order valence-electron chi connectivity index (χ2n) is 11.1. The maximum Gasteiger partial charge on any atom is 0.274 e. The molecule has 4 heterocycles. The monoisotopic (exact) mass is 675 g/mol. The number of amides is 5. The van der Waals surface area contributed by atoms with Gasteiger partial charge in [-0.05, 0) is 24.3 Å². The standard InChI is InChI=1S/C31H33N9O5S2/c1-17(2)25-30-38-22(15-47-30)27(43)33-9-6-10-40(31(45)21-13-34-20(12-35-21)26(32)42)14-24(41)36-19(11-18-7-4-3-5-8-18)29-37-23(16-46-29)28(44)39-25/h3-5,7-8,12-13,15-17,19,25H,6,9-11,14H2,1-2H3,(H2,32,42)(H,33,43)(H,36,41)(H,39,44)/t19-,25-/m0/s1. The number of hydrogen-bond donors (Lipinski definition) is 4. The van der Waals surface area contributed by atoms with Crippen LogP contribution in [0.2, 0.25) is 0 Å². The van der Waals surface area contributed by atoms with Crippen molar-refractivity contribution >= 4 is 52.2 Å². The van der Waals surface area contributed by atoms with Crippen LogP contribution in [0.3, 0.4) is 0 Å². The molecule has 5 N–H and O–H groups in total. The van der Waals surface area contributed by atoms with Crippen molar-refractivity contribution < 1.29 is 24.0 Å². The molecule has 244 valence electrons. The lowest BCUT2D eigenvalue weighted by Crippen LogP contribution is -2.43. The molecule has 0 saturated heterocycles. The van der Waals surface area contributed by atoms with Crippen LogP contribution >= 0.6 is 22.7 Å². The molecule has 3 aromatic heterocycles. The third-order valence-electron chi connectivity index (χ3n) is 7.28. The van der Waals surface area contributed by atoms with E-state index in [1.165, 1.54) is 27.6 Å². The van der Waals surface area contributed by atoms with Gasteiger partial charge in [0.1, 0.15) is 32.8 Å². The molecule has 0 spiro atoms. The van der Waals surface area contributed by atoms with Gasteiger partial charge in [-0.1, -0.05) is 44.2 Å². The molecule has 0 aliphatic carbocycles. The summed E-state index contributed by atoms with van der Waals surface area (Å²) in [5.74, 6) is -2.71. The fourth-order valence-electron chi connectivity index (χ4n) is 4.82. The first-order valence-electron chi connectivity index (χ1n) is 14.8. The number of fused-ring (bicyclic) bond motifs is 4. The molecular weight excluding hydrogens is 643 g/mol. The fourth-order valence-corrected chi connectivity index (χ4v) is 6.69. The molecule has 5 rings (SSSR count). The van der Waals surface area contributed by atoms with Crippen LogP contribution in [-0.4, -0.2) is 74.0 Å². The highest BCUT2D eigenvalue weighted by Crippen LogP contribution is 2.27. The fraction of sp³-hybridized carbons (Fsp3) is 0.323. The Hall–Kier alpha value is -5.09. The molecule has 4 bridgehead atoms. The Morgan fingerprint density at radius 2 is 1.60 bits per heavy atom. The number of carbonyl (C=O) groups is 5. The average molecular weight is 676 g/mol. The Kier molecular flexibility index (Phi) is 10.6. The van der Waals surface area contributed by atoms with Gasteiger partial charge in [-0.3, -0.25) is 24.0 Å². The van der Waals surface area contributed by atoms with Gasteiger partial charge in [0.25, 0.3) is 23.6 Å². The number of nitrogens with two attached hydrogens (primary N) is 1. The number of aromatic nitrogens is 4. The third-order valence-corrected chi connectivity index (χ3v) is 9.17. The number of benzene rings is 1. The molecule has 0 radical (unpaired) electrons. The summed E-state index contributed by atoms with van der Waals surface area (Å²) in [4.78, 5) is 83.1. The maximum atomic E-state index is 13.6. The van der Waals surface area contributed by atoms with Crippen LogP contribution in [0.15, 0.2) is 53.5 Å². The highest BCUT2D eigenvalue weighted by molar-refractivity contribution is 7.10. The first-order chi connectivity index (χ1) is 22.6. The van der Waals surface area contributed by atoms with E-state index in [4.69, 9.17) is 5.73 Å². The lowest BCUT2D eigenvalue weighted by molar-refractivity contribution is -0.122. The van der Waals surface area contributed by atoms with Crippen LogP contribution in [0.5, 0.6) is 0 Å². The molecule has 1 aliphatic rings. The Bertz CT molecular complexity index is 1760. The van der Waals surface area contributed by atoms with Gasteiger partial charge in [0, 0.05) is 23.8 Å². The summed E-state index contributed by atoms with van der Waals surface area (Å²) in [5, 5.41) is 13.2. The number of thiazole rings is 2. The first kappa shape index (κ1) is 33.3. The predicted molar refractivity (Wildman–Crippen MR) is 174 cm³/mol. The zero-order valence-electron chi connectivity index (χ0n) is 25.6. The number of hydrogen-bond acceptors (Lipinski definition) is 11. The number of carbonyl (C=O) groups excluding carboxylic acids is 5. The van der Waals surface area contributed by atoms with Crippen LogP contribution < -0.4 is 21.7 Å². The Labute approximate surface area is 278 Å². The van der Waals surface area contributed by atoms with Crippen molar-refractivity contribution in [1.82, 2.24) is 40.8 Å². The molecule has 5 amide bonds. The highest BCUT2D eigenvalue weighted by Gasteiger charge is 2.28. The molecule has 0 unspecified atom stereocenters. The van der Waals surface area contributed by atoms with Gasteiger partial charge in [-0.15, -0.1) is 22.7 Å². The topological polar surface area (TPSA) is 202 Å². The Morgan fingerprint density at radius 1 is 0.936 bits per heavy atom. The normalized spacial score (nSPS) is 17.9. The lowest BCUT2D eigenvalue weighted by atomic mass is 10.0. The average Bonchev–Trinajstić information content (AvgIpc) is 3.75. The van der Waals surface area contributed by atoms with Gasteiger partial charge >= 0.3 is 0 Å². The molecule has 1 aromatic carbocycles. The van der Waals surface area contributed by atoms with Gasteiger partial charge in [-0.2, -0.15) is 0 Å². The molecule has 0 saturated carbocycles. The van der Waals surface area contributed by atoms with E-state index < -0.39 is 41.6 Å². The number of nitrogens with one attached hydrogen (secondary N) is 3. The van der Waals surface area contributed by atoms with E-state index in [1.807, 2.05) is 44.2 Å². The zero-order valence-corrected chi connectivity index (χ0v) is 27.3. The SMILES string of the molecule is CC(C)[C@@H]1NC(=O)c2csc(n2)[C@H](Cc2ccccc2)NC(=O)CN(C(=O)c2cnc(C(N)=O)cn2)CCCNC(=O)c2csc1n2. The van der Waals surface area contributed by atoms with E-state index in [9.17, 15) is 24.0 Å². The quantitative estimate of drug-likeness (QED) is 0.245. The van der Waals surface area contributed by atoms with Crippen molar-refractivity contribution in [2.24, 2.45) is 11.7 Å². The van der Waals surface area contributed by atoms with Gasteiger partial charge < -0.3 is 26.6 Å². The summed E-state index contributed by atoms with van der Waals surface area (Å²) in [5.41, 5.74) is 6.38. The zero-order chi connectivity index (χ0) is 33.5. The Balaban J connectivity index is 1.46. The van der Waals surface area contributed by atoms with E-state index in [1.54, 1.807) is 10.8 Å². The van der Waals surface area contributed by atoms with Crippen molar-refractivity contribution in [3.8, 4) is 0 Å². The summed E-state index contributed by atoms with van der Waals surface area (Å²) in [7, 11) is 0. The number of nitrogens with zero attached hydrogens (tertiary/aromatic N) is 5. The third kappa shape index (κ3) is 8.39. The predicted octanol–water partition coefficient (Wildman–Crippen LogP) is 2.29. The minimum absolute atomic E-state index is 0.0291. The van der Waals surface area contributed by atoms with Crippen LogP contribution in [0, 0.1) is 5.92 Å². The van der Waals surface area contributed by atoms with E-state index in [0.29, 0.717) is 22.9 Å². The second-order valence-corrected chi connectivity index (χ2v) is 12.9. The molecule has 0 fully saturated rings. The van der Waals surface area contributed by atoms with Crippen LogP contribution in [0.25, 0.3) is 0 Å². The number of primary amides is 1. The van der Waals surface area contributed by atoms with Crippen molar-refractivity contribution in [3.05, 3.63) is 91.8 Å². The largest absolute Gasteiger partial charge is 0.364 e. The number of rotatable bonds is 5. The minimum atomic E-state index is -0.793. The Morgan fingerprint density at radius 3 is 2.28 bits per heavy atom. The highest BCUT2D eigenvalue weighted by atomic mass is 32.1. The maximum absolute atomic E-state index is 13.6. The van der Waals surface area contributed by atoms with Crippen molar-refractivity contribution in [2.45, 2.75) is 38.8 Å². The summed E-state index contributed by atoms with van der Waals surface area (Å²) in [6, 6.07) is 8.46. The van der Waals surface area contributed by atoms with Crippen LogP contribution in [0.4, 0.5) is 0 Å². The first-order valence-corrected chi connectivity index (χ1v) is 16.6. The molecule has 1 aliphatic heterocycles. The van der Waals surface area contributed by atoms with Gasteiger partial charge in [0.2, 0.25) is 5.91 Å². The van der Waals surface area contributed by atoms with E-state index in [0.717, 1.165) is 18.0 Å². The van der Waals surface area contributed by atoms with Crippen LogP contribution in [0.1, 0.15) is 89.9 Å². The molecular formula is C31H33N9O5S2. The smallest absolute Gasteiger partial charge is 0.274 e. The van der Waals surface area contributed by atoms with E-state index in [-0.39, 0.29) is 48.3 Å². The van der Waals surface area contributed by atoms with Gasteiger partial charge in [0.05, 0.1) is 31.0 Å². The molecule has 47 heavy (non-hydrogen) atoms. The van der Waals surface area contributed by atoms with Crippen molar-refractivity contribution in [2.75, 3.05) is 19.6 Å². The summed E-state index contributed by atoms with van der Waals surface area (Å²) < 4.78 is 0. The van der Waals surface area contributed by atoms with E-state index >= 15 is 0 Å². The second kappa shape index (κ2) is 15.0. The molecule has 4 aromatic rings. The van der Waals surface area contributed by atoms with Gasteiger partial charge in [0.15, 0.2) is 0 Å². The summed E-state index contributed by atoms with van der Waals surface area (Å²) in [6.45, 7) is 3.83. The minimum Gasteiger partial charge on any atom is -0.364 e. The molecule has 14 nitrogen and oxygen atoms in total. The molecule has 16 heteroatoms. The van der Waals surface area contributed by atoms with E-state index in [2.05, 4.69) is 35.9 Å². The van der Waals surface area contributed by atoms with Crippen LogP contribution in [-0.2, 0) is 11.2 Å². The molecule has 2 atom stereocenters. The summed E-state index contributed by atoms with van der Waals surface area (Å²) in [6.07, 6.45) is 2.92. The van der Waals surface area contributed by atoms with Gasteiger partial charge in [-0.25, -0.2) is 19.9 Å². The van der Waals surface area contributed by atoms with Crippen molar-refractivity contribution in [1.29, 1.82) is 0 Å².